The Kier molecular flexibility index (Phi) is 5.58. The zero-order chi connectivity index (χ0) is 22.2. The minimum absolute atomic E-state index is 0.114. The molecule has 0 bridgehead atoms. The van der Waals surface area contributed by atoms with Crippen LogP contribution in [-0.2, 0) is 15.9 Å². The van der Waals surface area contributed by atoms with E-state index in [1.165, 1.54) is 30.3 Å². The topological polar surface area (TPSA) is 146 Å². The Hall–Kier alpha value is -3.33. The van der Waals surface area contributed by atoms with Gasteiger partial charge in [0.05, 0.1) is 0 Å². The quantitative estimate of drug-likeness (QED) is 0.284. The smallest absolute Gasteiger partial charge is 0.508 e. The van der Waals surface area contributed by atoms with E-state index in [4.69, 9.17) is 19.3 Å². The molecule has 2 aromatic rings. The highest BCUT2D eigenvalue weighted by atomic mass is 16.8. The minimum atomic E-state index is -1.50. The van der Waals surface area contributed by atoms with E-state index in [1.54, 1.807) is 20.8 Å². The molecule has 1 aliphatic heterocycles. The lowest BCUT2D eigenvalue weighted by Gasteiger charge is -2.38. The summed E-state index contributed by atoms with van der Waals surface area (Å²) in [4.78, 5) is 11.2. The number of phenols is 4. The molecule has 0 amide bonds. The van der Waals surface area contributed by atoms with Crippen LogP contribution in [0.15, 0.2) is 30.3 Å². The number of aromatic hydroxyl groups is 4. The van der Waals surface area contributed by atoms with Crippen LogP contribution in [0.4, 0.5) is 4.79 Å². The maximum atomic E-state index is 11.2. The fourth-order valence-corrected chi connectivity index (χ4v) is 3.23. The van der Waals surface area contributed by atoms with Crippen LogP contribution in [-0.4, -0.2) is 44.1 Å². The number of phenolic OH excluding ortho intramolecular Hbond substituents is 4. The first-order chi connectivity index (χ1) is 14.0. The predicted molar refractivity (Wildman–Crippen MR) is 104 cm³/mol. The molecule has 1 aliphatic rings. The summed E-state index contributed by atoms with van der Waals surface area (Å²) in [5.74, 6) is -0.855. The summed E-state index contributed by atoms with van der Waals surface area (Å²) in [6.45, 7) is 5.24. The number of hydrogen-bond acceptors (Lipinski definition) is 8. The number of hydrogen-bond donors (Lipinski definition) is 5. The van der Waals surface area contributed by atoms with Gasteiger partial charge in [-0.05, 0) is 17.7 Å². The molecular weight excluding hydrogens is 396 g/mol. The van der Waals surface area contributed by atoms with E-state index in [2.05, 4.69) is 0 Å². The Morgan fingerprint density at radius 1 is 1.07 bits per heavy atom. The molecule has 0 saturated carbocycles. The number of benzene rings is 2. The van der Waals surface area contributed by atoms with Crippen molar-refractivity contribution in [2.45, 2.75) is 45.7 Å². The van der Waals surface area contributed by atoms with Crippen molar-refractivity contribution in [3.05, 3.63) is 41.5 Å². The lowest BCUT2D eigenvalue weighted by atomic mass is 9.92. The first kappa shape index (κ1) is 21.4. The van der Waals surface area contributed by atoms with E-state index in [1.807, 2.05) is 0 Å². The van der Waals surface area contributed by atoms with Crippen LogP contribution in [0.3, 0.4) is 0 Å². The minimum Gasteiger partial charge on any atom is -0.508 e. The fraction of sp³-hybridized carbons (Fsp3) is 0.381. The molecule has 0 saturated heterocycles. The second kappa shape index (κ2) is 7.83. The number of carbonyl (C=O) groups is 1. The summed E-state index contributed by atoms with van der Waals surface area (Å²) in [6, 6.07) is 6.62. The Labute approximate surface area is 172 Å². The summed E-state index contributed by atoms with van der Waals surface area (Å²) >= 11 is 0. The first-order valence-electron chi connectivity index (χ1n) is 9.24. The van der Waals surface area contributed by atoms with Crippen molar-refractivity contribution in [1.29, 1.82) is 0 Å². The van der Waals surface area contributed by atoms with Gasteiger partial charge in [-0.2, -0.15) is 0 Å². The molecule has 2 aromatic carbocycles. The summed E-state index contributed by atoms with van der Waals surface area (Å²) in [5, 5.41) is 48.6. The SMILES string of the molecule is CC(C)(C)C(OC(=O)O)O[C@@H]1Cc2c(O)cc(O)cc2O[C@@H]1c1ccc(O)c(O)c1. The second-order valence-electron chi connectivity index (χ2n) is 8.19. The van der Waals surface area contributed by atoms with Gasteiger partial charge in [-0.15, -0.1) is 0 Å². The van der Waals surface area contributed by atoms with Crippen molar-refractivity contribution in [2.24, 2.45) is 5.41 Å². The zero-order valence-corrected chi connectivity index (χ0v) is 16.7. The molecule has 0 radical (unpaired) electrons. The Bertz CT molecular complexity index is 948. The van der Waals surface area contributed by atoms with Crippen molar-refractivity contribution in [1.82, 2.24) is 0 Å². The van der Waals surface area contributed by atoms with Crippen LogP contribution in [0.2, 0.25) is 0 Å². The number of rotatable bonds is 4. The average molecular weight is 420 g/mol. The molecule has 5 N–H and O–H groups in total. The lowest BCUT2D eigenvalue weighted by molar-refractivity contribution is -0.213. The molecule has 9 heteroatoms. The molecule has 30 heavy (non-hydrogen) atoms. The molecule has 1 heterocycles. The Balaban J connectivity index is 2.03. The van der Waals surface area contributed by atoms with Crippen LogP contribution < -0.4 is 4.74 Å². The van der Waals surface area contributed by atoms with Crippen LogP contribution in [0.5, 0.6) is 28.7 Å². The highest BCUT2D eigenvalue weighted by Crippen LogP contribution is 2.44. The number of ether oxygens (including phenoxy) is 3. The van der Waals surface area contributed by atoms with Gasteiger partial charge in [-0.1, -0.05) is 26.8 Å². The van der Waals surface area contributed by atoms with Gasteiger partial charge in [0.1, 0.15) is 23.4 Å². The largest absolute Gasteiger partial charge is 0.508 e. The highest BCUT2D eigenvalue weighted by Gasteiger charge is 2.40. The summed E-state index contributed by atoms with van der Waals surface area (Å²) in [6.07, 6.45) is -4.22. The van der Waals surface area contributed by atoms with Crippen molar-refractivity contribution < 1.29 is 44.5 Å². The number of carboxylic acid groups (broad SMARTS) is 1. The van der Waals surface area contributed by atoms with Gasteiger partial charge in [0.25, 0.3) is 0 Å². The lowest BCUT2D eigenvalue weighted by Crippen LogP contribution is -2.42. The molecule has 3 atom stereocenters. The van der Waals surface area contributed by atoms with Crippen molar-refractivity contribution >= 4 is 6.16 Å². The molecule has 162 valence electrons. The van der Waals surface area contributed by atoms with Crippen LogP contribution in [0.1, 0.15) is 38.0 Å². The molecule has 0 aromatic heterocycles. The molecule has 9 nitrogen and oxygen atoms in total. The summed E-state index contributed by atoms with van der Waals surface area (Å²) in [5.41, 5.74) is 0.101. The molecule has 0 aliphatic carbocycles. The second-order valence-corrected chi connectivity index (χ2v) is 8.19. The maximum absolute atomic E-state index is 11.2. The van der Waals surface area contributed by atoms with Crippen LogP contribution >= 0.6 is 0 Å². The molecule has 0 spiro atoms. The monoisotopic (exact) mass is 420 g/mol. The van der Waals surface area contributed by atoms with E-state index < -0.39 is 30.1 Å². The van der Waals surface area contributed by atoms with Gasteiger partial charge in [0.2, 0.25) is 6.29 Å². The third-order valence-corrected chi connectivity index (χ3v) is 4.71. The third-order valence-electron chi connectivity index (χ3n) is 4.71. The van der Waals surface area contributed by atoms with Gasteiger partial charge < -0.3 is 39.7 Å². The van der Waals surface area contributed by atoms with Gasteiger partial charge in [-0.25, -0.2) is 4.79 Å². The molecule has 3 rings (SSSR count). The first-order valence-corrected chi connectivity index (χ1v) is 9.24. The standard InChI is InChI=1S/C21H24O9/c1-21(2,3)19(30-20(26)27)29-17-9-12-14(24)7-11(22)8-16(12)28-18(17)10-4-5-13(23)15(25)6-10/h4-8,17-19,22-25H,9H2,1-3H3,(H,26,27)/t17-,18-,19?/m1/s1. The van der Waals surface area contributed by atoms with Crippen molar-refractivity contribution in [3.63, 3.8) is 0 Å². The van der Waals surface area contributed by atoms with Crippen molar-refractivity contribution in [2.75, 3.05) is 0 Å². The third kappa shape index (κ3) is 4.46. The van der Waals surface area contributed by atoms with Gasteiger partial charge >= 0.3 is 6.16 Å². The summed E-state index contributed by atoms with van der Waals surface area (Å²) < 4.78 is 16.9. The van der Waals surface area contributed by atoms with Gasteiger partial charge in [0, 0.05) is 29.5 Å². The van der Waals surface area contributed by atoms with Crippen LogP contribution in [0.25, 0.3) is 0 Å². The van der Waals surface area contributed by atoms with E-state index in [9.17, 15) is 25.2 Å². The van der Waals surface area contributed by atoms with E-state index in [0.29, 0.717) is 11.1 Å². The van der Waals surface area contributed by atoms with E-state index >= 15 is 0 Å². The summed E-state index contributed by atoms with van der Waals surface area (Å²) in [7, 11) is 0. The predicted octanol–water partition coefficient (Wildman–Crippen LogP) is 3.64. The average Bonchev–Trinajstić information content (AvgIpc) is 2.62. The molecule has 1 unspecified atom stereocenters. The fourth-order valence-electron chi connectivity index (χ4n) is 3.23. The Morgan fingerprint density at radius 2 is 1.77 bits per heavy atom. The zero-order valence-electron chi connectivity index (χ0n) is 16.7. The van der Waals surface area contributed by atoms with Crippen molar-refractivity contribution in [3.8, 4) is 28.7 Å². The van der Waals surface area contributed by atoms with E-state index in [0.717, 1.165) is 0 Å². The van der Waals surface area contributed by atoms with Crippen LogP contribution in [0, 0.1) is 5.41 Å². The van der Waals surface area contributed by atoms with Gasteiger partial charge in [-0.3, -0.25) is 0 Å². The number of fused-ring (bicyclic) bond motifs is 1. The van der Waals surface area contributed by atoms with Gasteiger partial charge in [0.15, 0.2) is 17.6 Å². The molecule has 0 fully saturated rings. The van der Waals surface area contributed by atoms with E-state index in [-0.39, 0.29) is 35.2 Å². The normalized spacial score (nSPS) is 19.4. The maximum Gasteiger partial charge on any atom is 0.508 e. The Morgan fingerprint density at radius 3 is 2.37 bits per heavy atom. The molecular formula is C21H24O9. The highest BCUT2D eigenvalue weighted by molar-refractivity contribution is 5.57.